The summed E-state index contributed by atoms with van der Waals surface area (Å²) in [7, 11) is 0. The first-order chi connectivity index (χ1) is 16.5. The third-order valence-electron chi connectivity index (χ3n) is 5.28. The third kappa shape index (κ3) is 4.02. The summed E-state index contributed by atoms with van der Waals surface area (Å²) >= 11 is 0. The molecule has 3 heterocycles. The maximum Gasteiger partial charge on any atom is 0.258 e. The Morgan fingerprint density at radius 3 is 2.68 bits per heavy atom. The van der Waals surface area contributed by atoms with Crippen molar-refractivity contribution >= 4 is 34.6 Å². The van der Waals surface area contributed by atoms with Crippen molar-refractivity contribution in [1.29, 1.82) is 0 Å². The van der Waals surface area contributed by atoms with E-state index in [0.717, 1.165) is 17.0 Å². The van der Waals surface area contributed by atoms with E-state index < -0.39 is 11.7 Å². The second-order valence-corrected chi connectivity index (χ2v) is 7.60. The predicted octanol–water partition coefficient (Wildman–Crippen LogP) is 4.82. The summed E-state index contributed by atoms with van der Waals surface area (Å²) in [6.45, 7) is 1.92. The number of nitrogens with zero attached hydrogens (tertiary/aromatic N) is 4. The molecule has 3 aromatic heterocycles. The molecule has 168 valence electrons. The number of aryl methyl sites for hydroxylation is 1. The Bertz CT molecular complexity index is 1530. The van der Waals surface area contributed by atoms with E-state index in [1.165, 1.54) is 12.1 Å². The number of hydrogen-bond donors (Lipinski definition) is 3. The highest BCUT2D eigenvalue weighted by Crippen LogP contribution is 2.25. The molecule has 9 heteroatoms. The van der Waals surface area contributed by atoms with E-state index in [0.29, 0.717) is 22.8 Å². The number of nitrogens with two attached hydrogens (primary N) is 1. The standard InChI is InChI=1S/C25H20FN7O/c1-15-23(33-13-5-4-8-22(33)29-15)21-11-12-28-25(32-21)30-16-9-10-17(18(26)14-16)24(34)31-20-7-3-2-6-19(20)27/h2-14H,27H2,1H3,(H,31,34)(H,28,30,32). The molecule has 1 amide bonds. The van der Waals surface area contributed by atoms with E-state index in [4.69, 9.17) is 5.73 Å². The summed E-state index contributed by atoms with van der Waals surface area (Å²) < 4.78 is 16.7. The molecule has 0 atom stereocenters. The fourth-order valence-electron chi connectivity index (χ4n) is 3.68. The molecule has 0 aliphatic rings. The number of rotatable bonds is 5. The molecule has 0 saturated heterocycles. The summed E-state index contributed by atoms with van der Waals surface area (Å²) in [5.41, 5.74) is 10.1. The SMILES string of the molecule is Cc1nc2ccccn2c1-c1ccnc(Nc2ccc(C(=O)Nc3ccccc3N)c(F)c2)n1. The number of para-hydroxylation sites is 2. The number of aromatic nitrogens is 4. The molecule has 5 rings (SSSR count). The number of halogens is 1. The van der Waals surface area contributed by atoms with E-state index >= 15 is 0 Å². The quantitative estimate of drug-likeness (QED) is 0.329. The molecule has 0 aliphatic carbocycles. The topological polar surface area (TPSA) is 110 Å². The molecule has 2 aromatic carbocycles. The van der Waals surface area contributed by atoms with Crippen molar-refractivity contribution in [3.05, 3.63) is 96.2 Å². The first-order valence-corrected chi connectivity index (χ1v) is 10.5. The summed E-state index contributed by atoms with van der Waals surface area (Å²) in [5, 5.41) is 5.62. The van der Waals surface area contributed by atoms with Gasteiger partial charge >= 0.3 is 0 Å². The highest BCUT2D eigenvalue weighted by molar-refractivity contribution is 6.06. The normalized spacial score (nSPS) is 10.9. The Balaban J connectivity index is 1.38. The average Bonchev–Trinajstić information content (AvgIpc) is 3.16. The lowest BCUT2D eigenvalue weighted by atomic mass is 10.1. The van der Waals surface area contributed by atoms with Gasteiger partial charge in [-0.1, -0.05) is 18.2 Å². The first-order valence-electron chi connectivity index (χ1n) is 10.5. The number of carbonyl (C=O) groups excluding carboxylic acids is 1. The smallest absolute Gasteiger partial charge is 0.258 e. The van der Waals surface area contributed by atoms with E-state index in [-0.39, 0.29) is 11.5 Å². The molecule has 0 unspecified atom stereocenters. The van der Waals surface area contributed by atoms with Crippen LogP contribution < -0.4 is 16.4 Å². The number of anilines is 4. The number of carbonyl (C=O) groups is 1. The average molecular weight is 453 g/mol. The fourth-order valence-corrected chi connectivity index (χ4v) is 3.68. The van der Waals surface area contributed by atoms with Gasteiger partial charge in [0.1, 0.15) is 11.5 Å². The Labute approximate surface area is 194 Å². The number of imidazole rings is 1. The molecule has 0 fully saturated rings. The highest BCUT2D eigenvalue weighted by Gasteiger charge is 2.15. The van der Waals surface area contributed by atoms with Crippen LogP contribution in [-0.2, 0) is 0 Å². The van der Waals surface area contributed by atoms with Gasteiger partial charge in [0, 0.05) is 18.1 Å². The molecule has 8 nitrogen and oxygen atoms in total. The molecule has 0 aliphatic heterocycles. The van der Waals surface area contributed by atoms with Crippen LogP contribution >= 0.6 is 0 Å². The maximum atomic E-state index is 14.8. The van der Waals surface area contributed by atoms with Crippen molar-refractivity contribution in [3.63, 3.8) is 0 Å². The van der Waals surface area contributed by atoms with E-state index in [2.05, 4.69) is 25.6 Å². The van der Waals surface area contributed by atoms with Crippen molar-refractivity contribution in [2.24, 2.45) is 0 Å². The monoisotopic (exact) mass is 453 g/mol. The molecule has 0 radical (unpaired) electrons. The zero-order valence-electron chi connectivity index (χ0n) is 18.2. The van der Waals surface area contributed by atoms with Crippen molar-refractivity contribution in [3.8, 4) is 11.4 Å². The lowest BCUT2D eigenvalue weighted by molar-refractivity contribution is 0.102. The van der Waals surface area contributed by atoms with Gasteiger partial charge in [0.05, 0.1) is 34.0 Å². The molecule has 0 bridgehead atoms. The second-order valence-electron chi connectivity index (χ2n) is 7.60. The lowest BCUT2D eigenvalue weighted by Crippen LogP contribution is -2.15. The van der Waals surface area contributed by atoms with Gasteiger partial charge in [-0.25, -0.2) is 19.3 Å². The van der Waals surface area contributed by atoms with Crippen LogP contribution in [0.25, 0.3) is 17.0 Å². The van der Waals surface area contributed by atoms with Gasteiger partial charge in [-0.3, -0.25) is 9.20 Å². The minimum atomic E-state index is -0.689. The van der Waals surface area contributed by atoms with Crippen LogP contribution in [0.5, 0.6) is 0 Å². The molecule has 5 aromatic rings. The Morgan fingerprint density at radius 1 is 1.03 bits per heavy atom. The van der Waals surface area contributed by atoms with Crippen molar-refractivity contribution in [1.82, 2.24) is 19.4 Å². The molecule has 0 saturated carbocycles. The van der Waals surface area contributed by atoms with Crippen molar-refractivity contribution < 1.29 is 9.18 Å². The van der Waals surface area contributed by atoms with E-state index in [9.17, 15) is 9.18 Å². The number of amides is 1. The molecular weight excluding hydrogens is 433 g/mol. The fraction of sp³-hybridized carbons (Fsp3) is 0.0400. The van der Waals surface area contributed by atoms with Crippen LogP contribution in [0.2, 0.25) is 0 Å². The predicted molar refractivity (Wildman–Crippen MR) is 129 cm³/mol. The van der Waals surface area contributed by atoms with Crippen LogP contribution in [0, 0.1) is 12.7 Å². The number of nitrogens with one attached hydrogen (secondary N) is 2. The minimum Gasteiger partial charge on any atom is -0.397 e. The highest BCUT2D eigenvalue weighted by atomic mass is 19.1. The van der Waals surface area contributed by atoms with Crippen molar-refractivity contribution in [2.45, 2.75) is 6.92 Å². The second kappa shape index (κ2) is 8.62. The third-order valence-corrected chi connectivity index (χ3v) is 5.28. The first kappa shape index (κ1) is 21.1. The number of nitrogen functional groups attached to an aromatic ring is 1. The van der Waals surface area contributed by atoms with Gasteiger partial charge in [0.2, 0.25) is 5.95 Å². The number of hydrogen-bond acceptors (Lipinski definition) is 6. The van der Waals surface area contributed by atoms with Gasteiger partial charge in [0.25, 0.3) is 5.91 Å². The Morgan fingerprint density at radius 2 is 1.85 bits per heavy atom. The van der Waals surface area contributed by atoms with Crippen LogP contribution in [0.15, 0.2) is 79.1 Å². The van der Waals surface area contributed by atoms with Crippen LogP contribution in [0.3, 0.4) is 0 Å². The Hall–Kier alpha value is -4.79. The number of benzene rings is 2. The zero-order chi connectivity index (χ0) is 23.7. The van der Waals surface area contributed by atoms with Crippen LogP contribution in [0.1, 0.15) is 16.1 Å². The van der Waals surface area contributed by atoms with E-state index in [1.807, 2.05) is 35.7 Å². The largest absolute Gasteiger partial charge is 0.397 e. The summed E-state index contributed by atoms with van der Waals surface area (Å²) in [4.78, 5) is 25.9. The van der Waals surface area contributed by atoms with Gasteiger partial charge in [-0.05, 0) is 55.5 Å². The zero-order valence-corrected chi connectivity index (χ0v) is 18.2. The molecular formula is C25H20FN7O. The van der Waals surface area contributed by atoms with Crippen molar-refractivity contribution in [2.75, 3.05) is 16.4 Å². The van der Waals surface area contributed by atoms with Gasteiger partial charge in [-0.15, -0.1) is 0 Å². The molecule has 0 spiro atoms. The van der Waals surface area contributed by atoms with Gasteiger partial charge in [0.15, 0.2) is 0 Å². The van der Waals surface area contributed by atoms with Crippen LogP contribution in [-0.4, -0.2) is 25.3 Å². The Kier molecular flexibility index (Phi) is 5.35. The van der Waals surface area contributed by atoms with Crippen LogP contribution in [0.4, 0.5) is 27.4 Å². The number of pyridine rings is 1. The minimum absolute atomic E-state index is 0.107. The number of fused-ring (bicyclic) bond motifs is 1. The summed E-state index contributed by atoms with van der Waals surface area (Å²) in [5.74, 6) is -0.995. The maximum absolute atomic E-state index is 14.8. The van der Waals surface area contributed by atoms with E-state index in [1.54, 1.807) is 42.6 Å². The summed E-state index contributed by atoms with van der Waals surface area (Å²) in [6, 6.07) is 18.5. The molecule has 34 heavy (non-hydrogen) atoms. The molecule has 4 N–H and O–H groups in total. The van der Waals surface area contributed by atoms with Gasteiger partial charge < -0.3 is 16.4 Å². The van der Waals surface area contributed by atoms with Gasteiger partial charge in [-0.2, -0.15) is 0 Å². The summed E-state index contributed by atoms with van der Waals surface area (Å²) in [6.07, 6.45) is 3.54. The lowest BCUT2D eigenvalue weighted by Gasteiger charge is -2.10.